The second kappa shape index (κ2) is 9.94. The lowest BCUT2D eigenvalue weighted by Crippen LogP contribution is -2.16. The van der Waals surface area contributed by atoms with Crippen LogP contribution in [0.5, 0.6) is 5.75 Å². The third-order valence-corrected chi connectivity index (χ3v) is 6.97. The summed E-state index contributed by atoms with van der Waals surface area (Å²) in [6.07, 6.45) is 0.180. The first-order chi connectivity index (χ1) is 18.6. The van der Waals surface area contributed by atoms with E-state index in [1.807, 2.05) is 79.7 Å². The number of nitrogens with one attached hydrogen (secondary N) is 2. The summed E-state index contributed by atoms with van der Waals surface area (Å²) in [6, 6.07) is 30.4. The van der Waals surface area contributed by atoms with Crippen molar-refractivity contribution in [2.24, 2.45) is 0 Å². The summed E-state index contributed by atoms with van der Waals surface area (Å²) < 4.78 is 6.41. The number of hydrogen-bond acceptors (Lipinski definition) is 5. The van der Waals surface area contributed by atoms with E-state index in [4.69, 9.17) is 4.74 Å². The van der Waals surface area contributed by atoms with Gasteiger partial charge in [0.15, 0.2) is 0 Å². The fourth-order valence-corrected chi connectivity index (χ4v) is 5.17. The number of hydrogen-bond donors (Lipinski definition) is 2. The van der Waals surface area contributed by atoms with Gasteiger partial charge in [-0.15, -0.1) is 10.2 Å². The molecule has 2 heterocycles. The number of fused-ring (bicyclic) bond motifs is 1. The summed E-state index contributed by atoms with van der Waals surface area (Å²) in [7, 11) is 0. The minimum absolute atomic E-state index is 0.0243. The molecule has 1 aliphatic rings. The summed E-state index contributed by atoms with van der Waals surface area (Å²) in [6.45, 7) is 4.11. The van der Waals surface area contributed by atoms with E-state index < -0.39 is 0 Å². The van der Waals surface area contributed by atoms with Crippen molar-refractivity contribution in [2.45, 2.75) is 32.3 Å². The molecule has 5 aromatic rings. The average Bonchev–Trinajstić information content (AvgIpc) is 3.58. The Morgan fingerprint density at radius 3 is 2.42 bits per heavy atom. The first kappa shape index (κ1) is 23.6. The van der Waals surface area contributed by atoms with Gasteiger partial charge in [-0.05, 0) is 53.4 Å². The molecule has 4 aromatic carbocycles. The fraction of sp³-hybridized carbons (Fsp3) is 0.161. The Labute approximate surface area is 220 Å². The molecule has 188 valence electrons. The lowest BCUT2D eigenvalue weighted by atomic mass is 9.86. The molecule has 0 unspecified atom stereocenters. The van der Waals surface area contributed by atoms with Crippen molar-refractivity contribution < 1.29 is 9.53 Å². The van der Waals surface area contributed by atoms with Gasteiger partial charge in [-0.25, -0.2) is 0 Å². The Hall–Kier alpha value is -4.78. The normalized spacial score (nSPS) is 16.1. The number of aromatic amines is 1. The Balaban J connectivity index is 1.45. The van der Waals surface area contributed by atoms with Crippen LogP contribution >= 0.6 is 0 Å². The van der Waals surface area contributed by atoms with E-state index in [1.54, 1.807) is 0 Å². The van der Waals surface area contributed by atoms with Crippen LogP contribution in [-0.4, -0.2) is 32.6 Å². The van der Waals surface area contributed by atoms with E-state index in [0.29, 0.717) is 17.3 Å². The predicted molar refractivity (Wildman–Crippen MR) is 147 cm³/mol. The molecule has 1 amide bonds. The first-order valence-corrected chi connectivity index (χ1v) is 12.6. The zero-order chi connectivity index (χ0) is 26.1. The van der Waals surface area contributed by atoms with Gasteiger partial charge in [0.05, 0.1) is 12.1 Å². The maximum Gasteiger partial charge on any atom is 0.228 e. The molecule has 6 rings (SSSR count). The van der Waals surface area contributed by atoms with Crippen molar-refractivity contribution in [3.8, 4) is 28.3 Å². The number of aryl methyl sites for hydroxylation is 1. The number of carbonyl (C=O) groups is 1. The number of amides is 1. The van der Waals surface area contributed by atoms with Crippen LogP contribution in [0.1, 0.15) is 35.1 Å². The molecule has 7 heteroatoms. The van der Waals surface area contributed by atoms with Crippen LogP contribution in [0.25, 0.3) is 22.5 Å². The van der Waals surface area contributed by atoms with Gasteiger partial charge < -0.3 is 10.1 Å². The van der Waals surface area contributed by atoms with Crippen molar-refractivity contribution in [1.29, 1.82) is 0 Å². The van der Waals surface area contributed by atoms with E-state index in [9.17, 15) is 4.79 Å². The summed E-state index contributed by atoms with van der Waals surface area (Å²) in [5.74, 6) is 1.15. The van der Waals surface area contributed by atoms with Gasteiger partial charge in [0.1, 0.15) is 11.9 Å². The largest absolute Gasteiger partial charge is 0.487 e. The highest BCUT2D eigenvalue weighted by molar-refractivity contribution is 5.96. The number of benzene rings is 4. The second-order valence-corrected chi connectivity index (χ2v) is 9.65. The third kappa shape index (κ3) is 4.54. The fourth-order valence-electron chi connectivity index (χ4n) is 5.17. The molecule has 1 aromatic heterocycles. The van der Waals surface area contributed by atoms with Gasteiger partial charge in [0.2, 0.25) is 11.7 Å². The van der Waals surface area contributed by atoms with Crippen molar-refractivity contribution in [2.75, 3.05) is 5.32 Å². The Morgan fingerprint density at radius 1 is 0.947 bits per heavy atom. The van der Waals surface area contributed by atoms with Gasteiger partial charge in [-0.3, -0.25) is 4.79 Å². The van der Waals surface area contributed by atoms with Gasteiger partial charge in [0.25, 0.3) is 0 Å². The average molecular weight is 502 g/mol. The molecule has 38 heavy (non-hydrogen) atoms. The topological polar surface area (TPSA) is 92.8 Å². The lowest BCUT2D eigenvalue weighted by Gasteiger charge is -2.16. The number of carbonyl (C=O) groups excluding carboxylic acids is 1. The molecule has 1 aliphatic heterocycles. The highest BCUT2D eigenvalue weighted by atomic mass is 16.5. The molecule has 2 N–H and O–H groups in total. The molecule has 0 saturated heterocycles. The highest BCUT2D eigenvalue weighted by Crippen LogP contribution is 2.49. The van der Waals surface area contributed by atoms with Crippen LogP contribution < -0.4 is 10.1 Å². The number of ether oxygens (including phenoxy) is 1. The monoisotopic (exact) mass is 501 g/mol. The number of tetrazole rings is 1. The van der Waals surface area contributed by atoms with E-state index in [2.05, 4.69) is 51.1 Å². The molecular formula is C31H27N5O2. The molecule has 0 radical (unpaired) electrons. The number of rotatable bonds is 6. The van der Waals surface area contributed by atoms with Crippen molar-refractivity contribution in [3.05, 3.63) is 113 Å². The first-order valence-electron chi connectivity index (χ1n) is 12.6. The maximum atomic E-state index is 13.2. The van der Waals surface area contributed by atoms with Gasteiger partial charge in [-0.2, -0.15) is 5.21 Å². The maximum absolute atomic E-state index is 13.2. The molecule has 2 atom stereocenters. The number of H-pyrrole nitrogens is 1. The smallest absolute Gasteiger partial charge is 0.228 e. The Morgan fingerprint density at radius 2 is 1.68 bits per heavy atom. The van der Waals surface area contributed by atoms with Crippen molar-refractivity contribution in [3.63, 3.8) is 0 Å². The Bertz CT molecular complexity index is 1580. The number of nitrogens with zero attached hydrogens (tertiary/aromatic N) is 3. The molecule has 7 nitrogen and oxygen atoms in total. The lowest BCUT2D eigenvalue weighted by molar-refractivity contribution is -0.115. The van der Waals surface area contributed by atoms with Crippen LogP contribution in [0.4, 0.5) is 5.69 Å². The molecular weight excluding hydrogens is 474 g/mol. The quantitative estimate of drug-likeness (QED) is 0.301. The minimum Gasteiger partial charge on any atom is -0.487 e. The molecule has 0 bridgehead atoms. The standard InChI is InChI=1S/C31H27N5O2/c1-19-12-14-21(15-13-19)16-28(37)32-27-18-23(24-10-6-7-11-25(24)31-33-35-36-34-31)17-26-29(20(2)38-30(26)27)22-8-4-3-5-9-22/h3-15,17-18,20,29H,16H2,1-2H3,(H,32,37)(H,33,34,35,36)/t20-,29+/m1/s1. The SMILES string of the molecule is Cc1ccc(CC(=O)Nc2cc(-c3ccccc3-c3nn[nH]n3)cc3c2O[C@H](C)[C@H]3c2ccccc2)cc1. The zero-order valence-electron chi connectivity index (χ0n) is 21.2. The van der Waals surface area contributed by atoms with Crippen LogP contribution in [0.3, 0.4) is 0 Å². The van der Waals surface area contributed by atoms with E-state index in [0.717, 1.165) is 33.4 Å². The summed E-state index contributed by atoms with van der Waals surface area (Å²) in [5, 5.41) is 17.8. The van der Waals surface area contributed by atoms with Crippen LogP contribution in [0.15, 0.2) is 91.0 Å². The van der Waals surface area contributed by atoms with E-state index in [1.165, 1.54) is 5.56 Å². The number of aromatic nitrogens is 4. The number of anilines is 1. The highest BCUT2D eigenvalue weighted by Gasteiger charge is 2.35. The third-order valence-electron chi connectivity index (χ3n) is 6.97. The van der Waals surface area contributed by atoms with Gasteiger partial charge >= 0.3 is 0 Å². The van der Waals surface area contributed by atoms with Crippen molar-refractivity contribution in [1.82, 2.24) is 20.6 Å². The summed E-state index contributed by atoms with van der Waals surface area (Å²) in [5.41, 5.74) is 7.71. The molecule has 0 aliphatic carbocycles. The van der Waals surface area contributed by atoms with Gasteiger partial charge in [0, 0.05) is 17.0 Å². The molecule has 0 saturated carbocycles. The van der Waals surface area contributed by atoms with Crippen LogP contribution in [-0.2, 0) is 11.2 Å². The van der Waals surface area contributed by atoms with Crippen LogP contribution in [0, 0.1) is 6.92 Å². The van der Waals surface area contributed by atoms with E-state index in [-0.39, 0.29) is 24.3 Å². The minimum atomic E-state index is -0.0981. The summed E-state index contributed by atoms with van der Waals surface area (Å²) in [4.78, 5) is 13.2. The van der Waals surface area contributed by atoms with Crippen molar-refractivity contribution >= 4 is 11.6 Å². The predicted octanol–water partition coefficient (Wildman–Crippen LogP) is 5.94. The molecule has 0 spiro atoms. The van der Waals surface area contributed by atoms with E-state index >= 15 is 0 Å². The second-order valence-electron chi connectivity index (χ2n) is 9.65. The summed E-state index contributed by atoms with van der Waals surface area (Å²) >= 11 is 0. The van der Waals surface area contributed by atoms with Crippen LogP contribution in [0.2, 0.25) is 0 Å². The van der Waals surface area contributed by atoms with Gasteiger partial charge in [-0.1, -0.05) is 84.4 Å². The molecule has 0 fully saturated rings. The zero-order valence-corrected chi connectivity index (χ0v) is 21.2. The Kier molecular flexibility index (Phi) is 6.17.